The minimum Gasteiger partial charge on any atom is -0.336 e. The van der Waals surface area contributed by atoms with Gasteiger partial charge in [-0.05, 0) is 37.1 Å². The molecule has 0 saturated carbocycles. The maximum absolute atomic E-state index is 12.7. The first-order chi connectivity index (χ1) is 11.9. The molecule has 0 unspecified atom stereocenters. The van der Waals surface area contributed by atoms with Crippen LogP contribution >= 0.6 is 22.9 Å². The van der Waals surface area contributed by atoms with Crippen molar-refractivity contribution in [3.63, 3.8) is 0 Å². The Hall–Kier alpha value is -2.17. The largest absolute Gasteiger partial charge is 0.336 e. The maximum atomic E-state index is 12.7. The van der Waals surface area contributed by atoms with Gasteiger partial charge in [0.1, 0.15) is 10.7 Å². The van der Waals surface area contributed by atoms with Crippen LogP contribution in [0, 0.1) is 13.8 Å². The molecule has 25 heavy (non-hydrogen) atoms. The van der Waals surface area contributed by atoms with E-state index < -0.39 is 0 Å². The zero-order valence-corrected chi connectivity index (χ0v) is 16.0. The van der Waals surface area contributed by atoms with Gasteiger partial charge in [-0.1, -0.05) is 47.5 Å². The van der Waals surface area contributed by atoms with Gasteiger partial charge in [-0.2, -0.15) is 0 Å². The van der Waals surface area contributed by atoms with Gasteiger partial charge in [0.15, 0.2) is 0 Å². The van der Waals surface area contributed by atoms with E-state index in [1.165, 1.54) is 22.5 Å². The molecule has 0 atom stereocenters. The molecule has 5 heteroatoms. The zero-order chi connectivity index (χ0) is 18.0. The molecule has 0 N–H and O–H groups in total. The van der Waals surface area contributed by atoms with E-state index in [-0.39, 0.29) is 5.91 Å². The summed E-state index contributed by atoms with van der Waals surface area (Å²) in [7, 11) is 1.81. The van der Waals surface area contributed by atoms with Crippen molar-refractivity contribution in [1.82, 2.24) is 9.88 Å². The second kappa shape index (κ2) is 7.38. The van der Waals surface area contributed by atoms with Gasteiger partial charge in [0.05, 0.1) is 0 Å². The van der Waals surface area contributed by atoms with Gasteiger partial charge in [0, 0.05) is 29.6 Å². The number of aromatic nitrogens is 1. The first kappa shape index (κ1) is 17.6. The Balaban J connectivity index is 1.75. The minimum absolute atomic E-state index is 0.0727. The molecular weight excluding hydrogens is 352 g/mol. The highest BCUT2D eigenvalue weighted by Crippen LogP contribution is 2.25. The third-order valence-corrected chi connectivity index (χ3v) is 5.21. The average Bonchev–Trinajstić information content (AvgIpc) is 3.07. The van der Waals surface area contributed by atoms with Gasteiger partial charge in [0.25, 0.3) is 5.91 Å². The van der Waals surface area contributed by atoms with E-state index in [4.69, 9.17) is 11.6 Å². The van der Waals surface area contributed by atoms with Crippen LogP contribution in [0.25, 0.3) is 10.6 Å². The molecular formula is C20H19ClN2OS. The van der Waals surface area contributed by atoms with Crippen molar-refractivity contribution in [2.45, 2.75) is 20.4 Å². The number of benzene rings is 2. The number of thiazole rings is 1. The molecule has 1 amide bonds. The van der Waals surface area contributed by atoms with Crippen LogP contribution in [0.2, 0.25) is 5.02 Å². The van der Waals surface area contributed by atoms with Crippen molar-refractivity contribution < 1.29 is 4.79 Å². The van der Waals surface area contributed by atoms with Gasteiger partial charge in [0.2, 0.25) is 0 Å². The number of nitrogens with zero attached hydrogens (tertiary/aromatic N) is 2. The topological polar surface area (TPSA) is 33.2 Å². The molecule has 3 nitrogen and oxygen atoms in total. The third-order valence-electron chi connectivity index (χ3n) is 4.07. The van der Waals surface area contributed by atoms with Gasteiger partial charge < -0.3 is 4.90 Å². The van der Waals surface area contributed by atoms with Crippen molar-refractivity contribution in [2.75, 3.05) is 7.05 Å². The molecule has 3 rings (SSSR count). The van der Waals surface area contributed by atoms with E-state index in [1.807, 2.05) is 36.7 Å². The number of aryl methyl sites for hydroxylation is 2. The summed E-state index contributed by atoms with van der Waals surface area (Å²) in [5.41, 5.74) is 5.00. The lowest BCUT2D eigenvalue weighted by Crippen LogP contribution is -2.26. The highest BCUT2D eigenvalue weighted by atomic mass is 35.5. The Morgan fingerprint density at radius 1 is 1.16 bits per heavy atom. The fraction of sp³-hybridized carbons (Fsp3) is 0.200. The molecule has 128 valence electrons. The quantitative estimate of drug-likeness (QED) is 0.620. The predicted octanol–water partition coefficient (Wildman–Crippen LogP) is 5.35. The van der Waals surface area contributed by atoms with E-state index in [1.54, 1.807) is 4.90 Å². The molecule has 2 aromatic carbocycles. The molecule has 1 heterocycles. The average molecular weight is 371 g/mol. The summed E-state index contributed by atoms with van der Waals surface area (Å²) < 4.78 is 0. The molecule has 0 spiro atoms. The van der Waals surface area contributed by atoms with E-state index in [2.05, 4.69) is 37.0 Å². The summed E-state index contributed by atoms with van der Waals surface area (Å²) in [5.74, 6) is -0.0727. The number of hydrogen-bond donors (Lipinski definition) is 0. The molecule has 0 bridgehead atoms. The fourth-order valence-corrected chi connectivity index (χ4v) is 3.57. The van der Waals surface area contributed by atoms with E-state index >= 15 is 0 Å². The van der Waals surface area contributed by atoms with Crippen LogP contribution in [0.3, 0.4) is 0 Å². The number of amides is 1. The van der Waals surface area contributed by atoms with Crippen molar-refractivity contribution >= 4 is 28.8 Å². The number of rotatable bonds is 4. The Labute approximate surface area is 156 Å². The lowest BCUT2D eigenvalue weighted by atomic mass is 10.1. The first-order valence-corrected chi connectivity index (χ1v) is 9.23. The SMILES string of the molecule is Cc1ccc(CN(C)C(=O)c2csc(-c3ccc(Cl)cc3)n2)c(C)c1. The standard InChI is InChI=1S/C20H19ClN2OS/c1-13-4-5-16(14(2)10-13)11-23(3)20(24)18-12-25-19(22-18)15-6-8-17(21)9-7-15/h4-10,12H,11H2,1-3H3. The third kappa shape index (κ3) is 4.09. The zero-order valence-electron chi connectivity index (χ0n) is 14.4. The molecule has 0 aliphatic carbocycles. The number of carbonyl (C=O) groups is 1. The summed E-state index contributed by atoms with van der Waals surface area (Å²) in [6.07, 6.45) is 0. The minimum atomic E-state index is -0.0727. The number of halogens is 1. The van der Waals surface area contributed by atoms with Crippen LogP contribution < -0.4 is 0 Å². The lowest BCUT2D eigenvalue weighted by Gasteiger charge is -2.17. The Morgan fingerprint density at radius 3 is 2.56 bits per heavy atom. The van der Waals surface area contributed by atoms with Crippen LogP contribution in [-0.2, 0) is 6.54 Å². The Kier molecular flexibility index (Phi) is 5.21. The predicted molar refractivity (Wildman–Crippen MR) is 104 cm³/mol. The summed E-state index contributed by atoms with van der Waals surface area (Å²) in [4.78, 5) is 18.9. The summed E-state index contributed by atoms with van der Waals surface area (Å²) in [6, 6.07) is 13.8. The molecule has 3 aromatic rings. The van der Waals surface area contributed by atoms with Gasteiger partial charge in [-0.3, -0.25) is 4.79 Å². The van der Waals surface area contributed by atoms with E-state index in [0.29, 0.717) is 17.3 Å². The molecule has 0 aliphatic rings. The molecule has 1 aromatic heterocycles. The summed E-state index contributed by atoms with van der Waals surface area (Å²) in [5, 5.41) is 3.31. The van der Waals surface area contributed by atoms with Crippen molar-refractivity contribution in [3.05, 3.63) is 75.3 Å². The Bertz CT molecular complexity index is 902. The second-order valence-electron chi connectivity index (χ2n) is 6.14. The summed E-state index contributed by atoms with van der Waals surface area (Å²) >= 11 is 7.38. The number of carbonyl (C=O) groups excluding carboxylic acids is 1. The maximum Gasteiger partial charge on any atom is 0.273 e. The van der Waals surface area contributed by atoms with Crippen LogP contribution in [0.5, 0.6) is 0 Å². The number of hydrogen-bond acceptors (Lipinski definition) is 3. The van der Waals surface area contributed by atoms with Crippen LogP contribution in [0.15, 0.2) is 47.8 Å². The van der Waals surface area contributed by atoms with Crippen molar-refractivity contribution in [3.8, 4) is 10.6 Å². The lowest BCUT2D eigenvalue weighted by molar-refractivity contribution is 0.0780. The molecule has 0 radical (unpaired) electrons. The highest BCUT2D eigenvalue weighted by molar-refractivity contribution is 7.13. The molecule has 0 aliphatic heterocycles. The van der Waals surface area contributed by atoms with E-state index in [0.717, 1.165) is 16.1 Å². The van der Waals surface area contributed by atoms with Gasteiger partial charge >= 0.3 is 0 Å². The van der Waals surface area contributed by atoms with Gasteiger partial charge in [-0.25, -0.2) is 4.98 Å². The normalized spacial score (nSPS) is 10.7. The van der Waals surface area contributed by atoms with E-state index in [9.17, 15) is 4.79 Å². The van der Waals surface area contributed by atoms with Crippen molar-refractivity contribution in [1.29, 1.82) is 0 Å². The second-order valence-corrected chi connectivity index (χ2v) is 7.43. The molecule has 0 fully saturated rings. The highest BCUT2D eigenvalue weighted by Gasteiger charge is 2.17. The first-order valence-electron chi connectivity index (χ1n) is 7.97. The van der Waals surface area contributed by atoms with Gasteiger partial charge in [-0.15, -0.1) is 11.3 Å². The van der Waals surface area contributed by atoms with Crippen LogP contribution in [0.1, 0.15) is 27.2 Å². The van der Waals surface area contributed by atoms with Crippen LogP contribution in [-0.4, -0.2) is 22.8 Å². The smallest absolute Gasteiger partial charge is 0.273 e. The Morgan fingerprint density at radius 2 is 1.88 bits per heavy atom. The summed E-state index contributed by atoms with van der Waals surface area (Å²) in [6.45, 7) is 4.71. The fourth-order valence-electron chi connectivity index (χ4n) is 2.64. The van der Waals surface area contributed by atoms with Crippen LogP contribution in [0.4, 0.5) is 0 Å². The molecule has 0 saturated heterocycles. The van der Waals surface area contributed by atoms with Crippen molar-refractivity contribution in [2.24, 2.45) is 0 Å². The monoisotopic (exact) mass is 370 g/mol.